The molecule has 0 unspecified atom stereocenters. The Morgan fingerprint density at radius 3 is 2.40 bits per heavy atom. The van der Waals surface area contributed by atoms with Crippen molar-refractivity contribution in [2.75, 3.05) is 48.5 Å². The first-order valence-electron chi connectivity index (χ1n) is 20.1. The highest BCUT2D eigenvalue weighted by atomic mass is 35.5. The Labute approximate surface area is 344 Å². The number of aliphatic hydroxyl groups excluding tert-OH is 2. The molecule has 1 heterocycles. The molecule has 57 heavy (non-hydrogen) atoms. The normalized spacial score (nSPS) is 26.8. The van der Waals surface area contributed by atoms with E-state index >= 15 is 0 Å². The molecular formula is C45H64ClN5O6. The third-order valence-electron chi connectivity index (χ3n) is 12.7. The van der Waals surface area contributed by atoms with Crippen molar-refractivity contribution in [3.8, 4) is 5.75 Å². The lowest BCUT2D eigenvalue weighted by molar-refractivity contribution is -0.183. The largest absolute Gasteiger partial charge is 0.496 e. The van der Waals surface area contributed by atoms with Crippen LogP contribution < -0.4 is 15.4 Å². The molecular weight excluding hydrogens is 742 g/mol. The van der Waals surface area contributed by atoms with E-state index in [-0.39, 0.29) is 42.5 Å². The lowest BCUT2D eigenvalue weighted by atomic mass is 9.45. The number of allylic oxidation sites excluding steroid dienone is 3. The van der Waals surface area contributed by atoms with Crippen LogP contribution >= 0.6 is 11.6 Å². The fourth-order valence-electron chi connectivity index (χ4n) is 9.29. The molecule has 0 spiro atoms. The van der Waals surface area contributed by atoms with Crippen LogP contribution in [0.3, 0.4) is 0 Å². The number of hydrogen-bond acceptors (Lipinski definition) is 9. The number of nitrogens with one attached hydrogen (secondary N) is 2. The van der Waals surface area contributed by atoms with Gasteiger partial charge >= 0.3 is 0 Å². The number of carbonyl (C=O) groups is 2. The maximum atomic E-state index is 14.3. The average molecular weight is 806 g/mol. The highest BCUT2D eigenvalue weighted by Crippen LogP contribution is 2.61. The van der Waals surface area contributed by atoms with Crippen LogP contribution in [-0.2, 0) is 27.4 Å². The fourth-order valence-corrected chi connectivity index (χ4v) is 9.50. The van der Waals surface area contributed by atoms with E-state index in [1.54, 1.807) is 26.2 Å². The summed E-state index contributed by atoms with van der Waals surface area (Å²) in [6.07, 6.45) is 6.11. The summed E-state index contributed by atoms with van der Waals surface area (Å²) >= 11 is 6.94. The minimum atomic E-state index is -0.949. The molecule has 0 radical (unpaired) electrons. The second-order valence-electron chi connectivity index (χ2n) is 17.3. The van der Waals surface area contributed by atoms with Gasteiger partial charge in [0.25, 0.3) is 0 Å². The van der Waals surface area contributed by atoms with E-state index in [1.165, 1.54) is 17.6 Å². The van der Waals surface area contributed by atoms with Gasteiger partial charge in [-0.25, -0.2) is 0 Å². The van der Waals surface area contributed by atoms with Crippen LogP contribution in [0.5, 0.6) is 5.75 Å². The number of halogens is 1. The summed E-state index contributed by atoms with van der Waals surface area (Å²) < 4.78 is 6.08. The van der Waals surface area contributed by atoms with E-state index in [1.807, 2.05) is 68.3 Å². The van der Waals surface area contributed by atoms with Gasteiger partial charge in [0.2, 0.25) is 11.8 Å². The number of amides is 2. The Morgan fingerprint density at radius 2 is 1.82 bits per heavy atom. The average Bonchev–Trinajstić information content (AvgIpc) is 3.53. The smallest absolute Gasteiger partial charge is 0.244 e. The third-order valence-corrected chi connectivity index (χ3v) is 13.0. The fraction of sp³-hybridized carbons (Fsp3) is 0.556. The second kappa shape index (κ2) is 18.9. The number of fused-ring (bicyclic) bond motifs is 2. The first kappa shape index (κ1) is 44.4. The molecule has 3 saturated carbocycles. The zero-order chi connectivity index (χ0) is 41.8. The maximum Gasteiger partial charge on any atom is 0.244 e. The third kappa shape index (κ3) is 10.1. The molecule has 1 saturated heterocycles. The topological polar surface area (TPSA) is 127 Å². The van der Waals surface area contributed by atoms with Crippen molar-refractivity contribution in [3.63, 3.8) is 0 Å². The lowest BCUT2D eigenvalue weighted by Crippen LogP contribution is -2.62. The Bertz CT molecular complexity index is 1800. The molecule has 11 nitrogen and oxygen atoms in total. The van der Waals surface area contributed by atoms with Crippen LogP contribution in [0.1, 0.15) is 57.2 Å². The summed E-state index contributed by atoms with van der Waals surface area (Å²) in [5.74, 6) is 0.589. The first-order chi connectivity index (χ1) is 27.0. The van der Waals surface area contributed by atoms with Crippen molar-refractivity contribution < 1.29 is 29.4 Å². The van der Waals surface area contributed by atoms with Crippen LogP contribution in [0.25, 0.3) is 5.57 Å². The number of benzene rings is 2. The van der Waals surface area contributed by atoms with Crippen molar-refractivity contribution >= 4 is 29.0 Å². The Kier molecular flexibility index (Phi) is 14.7. The van der Waals surface area contributed by atoms with Crippen LogP contribution in [0.4, 0.5) is 0 Å². The van der Waals surface area contributed by atoms with Gasteiger partial charge in [-0.1, -0.05) is 69.3 Å². The molecule has 12 heteroatoms. The Morgan fingerprint density at radius 1 is 1.12 bits per heavy atom. The van der Waals surface area contributed by atoms with E-state index in [0.717, 1.165) is 12.0 Å². The standard InChI is InChI=1S/C45H64ClN5O6/c1-27(50(8)9)20-31(16-19-40(54)47-33(24-49(6)7)21-30-14-12-11-13-15-30)34-17-18-37(46)35(43(34)56-10)25-51-42(41(29(3)53)39(26-52)57-51)44(55)48-38-23-32-22-36(28(38)2)45(32,4)5/h11-20,28-29,32-33,36,38-39,41-42,52-53H,1,21-26H2,2-10H3,(H,47,54)(H,48,55)/t28-,29-,32+,33-,36-,38-,39-,41+,42-/m0/s1. The van der Waals surface area contributed by atoms with E-state index in [4.69, 9.17) is 21.2 Å². The van der Waals surface area contributed by atoms with E-state index in [0.29, 0.717) is 63.9 Å². The molecule has 2 aromatic carbocycles. The number of methoxy groups -OCH3 is 1. The molecule has 2 aromatic rings. The van der Waals surface area contributed by atoms with Gasteiger partial charge in [0.15, 0.2) is 0 Å². The van der Waals surface area contributed by atoms with Crippen LogP contribution in [-0.4, -0.2) is 116 Å². The highest BCUT2D eigenvalue weighted by Gasteiger charge is 2.57. The van der Waals surface area contributed by atoms with Gasteiger partial charge < -0.3 is 35.4 Å². The minimum Gasteiger partial charge on any atom is -0.496 e. The zero-order valence-corrected chi connectivity index (χ0v) is 35.9. The number of rotatable bonds is 17. The van der Waals surface area contributed by atoms with Gasteiger partial charge in [0.05, 0.1) is 26.4 Å². The van der Waals surface area contributed by atoms with Crippen LogP contribution in [0.15, 0.2) is 73.0 Å². The van der Waals surface area contributed by atoms with E-state index < -0.39 is 24.2 Å². The first-order valence-corrected chi connectivity index (χ1v) is 20.5. The van der Waals surface area contributed by atoms with Crippen molar-refractivity contribution in [2.24, 2.45) is 29.1 Å². The molecule has 312 valence electrons. The predicted octanol–water partition coefficient (Wildman–Crippen LogP) is 5.31. The maximum absolute atomic E-state index is 14.3. The lowest BCUT2D eigenvalue weighted by Gasteiger charge is -2.62. The summed E-state index contributed by atoms with van der Waals surface area (Å²) in [5.41, 5.74) is 3.90. The highest BCUT2D eigenvalue weighted by molar-refractivity contribution is 6.31. The monoisotopic (exact) mass is 805 g/mol. The summed E-state index contributed by atoms with van der Waals surface area (Å²) in [6, 6.07) is 12.6. The molecule has 2 amide bonds. The Hall–Kier alpha value is -3.71. The molecule has 4 N–H and O–H groups in total. The molecule has 4 fully saturated rings. The van der Waals surface area contributed by atoms with Crippen molar-refractivity contribution in [1.29, 1.82) is 0 Å². The number of hydroxylamine groups is 2. The van der Waals surface area contributed by atoms with Crippen molar-refractivity contribution in [2.45, 2.75) is 83.8 Å². The van der Waals surface area contributed by atoms with Gasteiger partial charge in [-0.15, -0.1) is 0 Å². The van der Waals surface area contributed by atoms with Gasteiger partial charge in [-0.3, -0.25) is 14.4 Å². The second-order valence-corrected chi connectivity index (χ2v) is 17.7. The summed E-state index contributed by atoms with van der Waals surface area (Å²) in [7, 11) is 9.28. The zero-order valence-electron chi connectivity index (χ0n) is 35.2. The molecule has 6 rings (SSSR count). The number of nitrogens with zero attached hydrogens (tertiary/aromatic N) is 3. The van der Waals surface area contributed by atoms with E-state index in [2.05, 4.69) is 50.1 Å². The SMILES string of the molecule is C=C(C=C(C=CC(=O)N[C@@H](Cc1ccccc1)CN(C)C)c1ccc(Cl)c(CN2O[C@@H](CO)[C@@H]([C@H](C)O)[C@H]2C(=O)N[C@H]2C[C@H]3C[C@@H]([C@@H]2C)C3(C)C)c1OC)N(C)C. The molecule has 9 atom stereocenters. The predicted molar refractivity (Wildman–Crippen MR) is 226 cm³/mol. The van der Waals surface area contributed by atoms with Crippen LogP contribution in [0.2, 0.25) is 5.02 Å². The van der Waals surface area contributed by atoms with Crippen LogP contribution in [0, 0.1) is 29.1 Å². The van der Waals surface area contributed by atoms with Crippen molar-refractivity contribution in [3.05, 3.63) is 94.7 Å². The molecule has 0 aromatic heterocycles. The van der Waals surface area contributed by atoms with Crippen molar-refractivity contribution in [1.82, 2.24) is 25.5 Å². The number of carbonyl (C=O) groups excluding carboxylic acids is 2. The molecule has 1 aliphatic heterocycles. The summed E-state index contributed by atoms with van der Waals surface area (Å²) in [5, 5.41) is 29.8. The summed E-state index contributed by atoms with van der Waals surface area (Å²) in [4.78, 5) is 38.1. The summed E-state index contributed by atoms with van der Waals surface area (Å²) in [6.45, 7) is 13.0. The Balaban J connectivity index is 1.44. The minimum absolute atomic E-state index is 0.00150. The number of aliphatic hydroxyl groups is 2. The quantitative estimate of drug-likeness (QED) is 0.124. The molecule has 3 aliphatic carbocycles. The number of hydrogen-bond donors (Lipinski definition) is 4. The van der Waals surface area contributed by atoms with Gasteiger partial charge in [0, 0.05) is 66.6 Å². The molecule has 2 bridgehead atoms. The van der Waals surface area contributed by atoms with Gasteiger partial charge in [-0.2, -0.15) is 5.06 Å². The molecule has 4 aliphatic rings. The van der Waals surface area contributed by atoms with Gasteiger partial charge in [0.1, 0.15) is 17.9 Å². The van der Waals surface area contributed by atoms with E-state index in [9.17, 15) is 19.8 Å². The number of likely N-dealkylation sites (N-methyl/N-ethyl adjacent to an activating group) is 2. The number of ether oxygens (including phenoxy) is 1. The van der Waals surface area contributed by atoms with Gasteiger partial charge in [-0.05, 0) is 98.9 Å².